The summed E-state index contributed by atoms with van der Waals surface area (Å²) in [7, 11) is 0. The maximum atomic E-state index is 12.2. The summed E-state index contributed by atoms with van der Waals surface area (Å²) in [6.45, 7) is 6.91. The minimum atomic E-state index is -0.154. The smallest absolute Gasteiger partial charge is 0.222 e. The zero-order chi connectivity index (χ0) is 15.8. The van der Waals surface area contributed by atoms with Crippen LogP contribution in [0.1, 0.15) is 31.4 Å². The van der Waals surface area contributed by atoms with Crippen LogP contribution in [0.2, 0.25) is 0 Å². The first-order valence-corrected chi connectivity index (χ1v) is 7.28. The lowest BCUT2D eigenvalue weighted by molar-refractivity contribution is -0.131. The molecular weight excluding hydrogens is 266 g/mol. The van der Waals surface area contributed by atoms with Crippen LogP contribution in [0, 0.1) is 12.8 Å². The van der Waals surface area contributed by atoms with Gasteiger partial charge >= 0.3 is 0 Å². The molecule has 0 spiro atoms. The number of carbonyl (C=O) groups excluding carboxylic acids is 1. The third-order valence-corrected chi connectivity index (χ3v) is 3.60. The monoisotopic (exact) mass is 291 g/mol. The number of rotatable bonds is 7. The summed E-state index contributed by atoms with van der Waals surface area (Å²) in [5.41, 5.74) is 7.94. The first kappa shape index (κ1) is 17.0. The van der Waals surface area contributed by atoms with E-state index in [2.05, 4.69) is 29.4 Å². The van der Waals surface area contributed by atoms with Crippen molar-refractivity contribution >= 4 is 11.7 Å². The van der Waals surface area contributed by atoms with Gasteiger partial charge in [0.25, 0.3) is 0 Å². The molecule has 0 aliphatic rings. The molecule has 3 N–H and O–H groups in total. The van der Waals surface area contributed by atoms with Gasteiger partial charge in [0.05, 0.1) is 0 Å². The van der Waals surface area contributed by atoms with Crippen LogP contribution < -0.4 is 5.73 Å². The van der Waals surface area contributed by atoms with E-state index in [1.165, 1.54) is 5.56 Å². The van der Waals surface area contributed by atoms with Gasteiger partial charge in [0.2, 0.25) is 5.91 Å². The van der Waals surface area contributed by atoms with Crippen molar-refractivity contribution in [2.45, 2.75) is 33.6 Å². The molecule has 0 radical (unpaired) electrons. The minimum Gasteiger partial charge on any atom is -0.409 e. The number of nitrogens with zero attached hydrogens (tertiary/aromatic N) is 2. The van der Waals surface area contributed by atoms with Gasteiger partial charge in [-0.25, -0.2) is 0 Å². The standard InChI is InChI=1S/C16H25N3O2/c1-4-19(11-13(3)16(17)18-21)15(20)10-9-14-7-5-12(2)6-8-14/h5-8,13,21H,4,9-11H2,1-3H3,(H2,17,18). The summed E-state index contributed by atoms with van der Waals surface area (Å²) in [5.74, 6) is 0.0914. The molecule has 21 heavy (non-hydrogen) atoms. The highest BCUT2D eigenvalue weighted by atomic mass is 16.4. The van der Waals surface area contributed by atoms with Gasteiger partial charge in [-0.2, -0.15) is 0 Å². The highest BCUT2D eigenvalue weighted by Crippen LogP contribution is 2.09. The topological polar surface area (TPSA) is 78.9 Å². The van der Waals surface area contributed by atoms with Crippen LogP contribution >= 0.6 is 0 Å². The van der Waals surface area contributed by atoms with Crippen LogP contribution in [-0.4, -0.2) is 34.9 Å². The Morgan fingerprint density at radius 2 is 2.00 bits per heavy atom. The molecule has 1 atom stereocenters. The van der Waals surface area contributed by atoms with Crippen LogP contribution in [0.3, 0.4) is 0 Å². The van der Waals surface area contributed by atoms with E-state index in [9.17, 15) is 4.79 Å². The maximum Gasteiger partial charge on any atom is 0.222 e. The molecule has 1 unspecified atom stereocenters. The van der Waals surface area contributed by atoms with Gasteiger partial charge in [-0.05, 0) is 25.8 Å². The van der Waals surface area contributed by atoms with E-state index < -0.39 is 0 Å². The van der Waals surface area contributed by atoms with Crippen LogP contribution in [-0.2, 0) is 11.2 Å². The van der Waals surface area contributed by atoms with E-state index in [-0.39, 0.29) is 17.7 Å². The molecule has 0 saturated heterocycles. The van der Waals surface area contributed by atoms with Gasteiger partial charge in [0.15, 0.2) is 0 Å². The highest BCUT2D eigenvalue weighted by Gasteiger charge is 2.17. The van der Waals surface area contributed by atoms with E-state index in [1.807, 2.05) is 20.8 Å². The van der Waals surface area contributed by atoms with E-state index in [4.69, 9.17) is 10.9 Å². The molecule has 0 heterocycles. The largest absolute Gasteiger partial charge is 0.409 e. The van der Waals surface area contributed by atoms with Crippen molar-refractivity contribution in [3.8, 4) is 0 Å². The van der Waals surface area contributed by atoms with E-state index in [0.717, 1.165) is 12.0 Å². The van der Waals surface area contributed by atoms with Gasteiger partial charge in [-0.3, -0.25) is 4.79 Å². The zero-order valence-corrected chi connectivity index (χ0v) is 13.0. The summed E-state index contributed by atoms with van der Waals surface area (Å²) < 4.78 is 0. The Balaban J connectivity index is 2.53. The summed E-state index contributed by atoms with van der Waals surface area (Å²) in [4.78, 5) is 14.0. The van der Waals surface area contributed by atoms with Crippen molar-refractivity contribution in [1.82, 2.24) is 4.90 Å². The Morgan fingerprint density at radius 3 is 2.52 bits per heavy atom. The lowest BCUT2D eigenvalue weighted by atomic mass is 10.1. The molecule has 116 valence electrons. The molecule has 1 rings (SSSR count). The Hall–Kier alpha value is -2.04. The zero-order valence-electron chi connectivity index (χ0n) is 13.0. The average Bonchev–Trinajstić information content (AvgIpc) is 2.50. The fourth-order valence-corrected chi connectivity index (χ4v) is 2.09. The van der Waals surface area contributed by atoms with E-state index in [1.54, 1.807) is 4.90 Å². The second-order valence-corrected chi connectivity index (χ2v) is 5.34. The second kappa shape index (κ2) is 8.29. The number of hydrogen-bond acceptors (Lipinski definition) is 3. The van der Waals surface area contributed by atoms with Crippen LogP contribution in [0.5, 0.6) is 0 Å². The first-order valence-electron chi connectivity index (χ1n) is 7.28. The quantitative estimate of drug-likeness (QED) is 0.350. The molecule has 0 aliphatic heterocycles. The normalized spacial score (nSPS) is 13.0. The highest BCUT2D eigenvalue weighted by molar-refractivity contribution is 5.83. The van der Waals surface area contributed by atoms with E-state index >= 15 is 0 Å². The summed E-state index contributed by atoms with van der Waals surface area (Å²) >= 11 is 0. The molecule has 0 bridgehead atoms. The van der Waals surface area contributed by atoms with Crippen LogP contribution in [0.15, 0.2) is 29.4 Å². The Kier molecular flexibility index (Phi) is 6.72. The summed E-state index contributed by atoms with van der Waals surface area (Å²) in [6.07, 6.45) is 1.20. The summed E-state index contributed by atoms with van der Waals surface area (Å²) in [6, 6.07) is 8.21. The third-order valence-electron chi connectivity index (χ3n) is 3.60. The molecule has 0 aliphatic carbocycles. The molecular formula is C16H25N3O2. The van der Waals surface area contributed by atoms with Crippen molar-refractivity contribution in [3.63, 3.8) is 0 Å². The van der Waals surface area contributed by atoms with Gasteiger partial charge in [0, 0.05) is 25.4 Å². The predicted molar refractivity (Wildman–Crippen MR) is 84.3 cm³/mol. The van der Waals surface area contributed by atoms with Crippen molar-refractivity contribution in [3.05, 3.63) is 35.4 Å². The van der Waals surface area contributed by atoms with Crippen LogP contribution in [0.4, 0.5) is 0 Å². The number of benzene rings is 1. The molecule has 0 saturated carbocycles. The third kappa shape index (κ3) is 5.45. The lowest BCUT2D eigenvalue weighted by Gasteiger charge is -2.24. The SMILES string of the molecule is CCN(CC(C)C(N)=NO)C(=O)CCc1ccc(C)cc1. The number of hydrogen-bond donors (Lipinski definition) is 2. The molecule has 1 aromatic carbocycles. The van der Waals surface area contributed by atoms with Gasteiger partial charge in [-0.15, -0.1) is 0 Å². The minimum absolute atomic E-state index is 0.0932. The number of amides is 1. The number of amidine groups is 1. The second-order valence-electron chi connectivity index (χ2n) is 5.34. The predicted octanol–water partition coefficient (Wildman–Crippen LogP) is 2.16. The lowest BCUT2D eigenvalue weighted by Crippen LogP contribution is -2.38. The molecule has 5 heteroatoms. The fraction of sp³-hybridized carbons (Fsp3) is 0.500. The molecule has 5 nitrogen and oxygen atoms in total. The van der Waals surface area contributed by atoms with Gasteiger partial charge in [-0.1, -0.05) is 41.9 Å². The maximum absolute atomic E-state index is 12.2. The molecule has 0 aromatic heterocycles. The van der Waals surface area contributed by atoms with Crippen molar-refractivity contribution < 1.29 is 10.0 Å². The fourth-order valence-electron chi connectivity index (χ4n) is 2.09. The first-order chi connectivity index (χ1) is 9.97. The number of oxime groups is 1. The Labute approximate surface area is 126 Å². The number of nitrogens with two attached hydrogens (primary N) is 1. The Bertz CT molecular complexity index is 483. The molecule has 1 aromatic rings. The van der Waals surface area contributed by atoms with Gasteiger partial charge < -0.3 is 15.8 Å². The molecule has 0 fully saturated rings. The van der Waals surface area contributed by atoms with Crippen molar-refractivity contribution in [2.24, 2.45) is 16.8 Å². The van der Waals surface area contributed by atoms with Crippen LogP contribution in [0.25, 0.3) is 0 Å². The number of carbonyl (C=O) groups is 1. The molecule has 1 amide bonds. The Morgan fingerprint density at radius 1 is 1.38 bits per heavy atom. The summed E-state index contributed by atoms with van der Waals surface area (Å²) in [5, 5.41) is 11.7. The van der Waals surface area contributed by atoms with E-state index in [0.29, 0.717) is 19.5 Å². The number of aryl methyl sites for hydroxylation is 2. The average molecular weight is 291 g/mol. The van der Waals surface area contributed by atoms with Crippen molar-refractivity contribution in [1.29, 1.82) is 0 Å². The van der Waals surface area contributed by atoms with Crippen molar-refractivity contribution in [2.75, 3.05) is 13.1 Å². The van der Waals surface area contributed by atoms with Gasteiger partial charge in [0.1, 0.15) is 5.84 Å².